The largest absolute Gasteiger partial charge is 0.462 e. The van der Waals surface area contributed by atoms with Gasteiger partial charge in [-0.25, -0.2) is 0 Å². The van der Waals surface area contributed by atoms with Crippen LogP contribution in [0.15, 0.2) is 97.2 Å². The molecule has 0 bridgehead atoms. The van der Waals surface area contributed by atoms with E-state index in [-0.39, 0.29) is 25.6 Å². The van der Waals surface area contributed by atoms with E-state index in [1.165, 1.54) is 25.7 Å². The van der Waals surface area contributed by atoms with Crippen LogP contribution in [0.25, 0.3) is 0 Å². The molecule has 0 spiro atoms. The molecular weight excluding hydrogens is 584 g/mol. The molecular formula is C42H66O5. The smallest absolute Gasteiger partial charge is 0.306 e. The Morgan fingerprint density at radius 1 is 0.511 bits per heavy atom. The Kier molecular flexibility index (Phi) is 34.8. The van der Waals surface area contributed by atoms with Crippen molar-refractivity contribution >= 4 is 11.9 Å². The Labute approximate surface area is 288 Å². The van der Waals surface area contributed by atoms with Crippen LogP contribution < -0.4 is 0 Å². The topological polar surface area (TPSA) is 72.8 Å². The van der Waals surface area contributed by atoms with E-state index >= 15 is 0 Å². The van der Waals surface area contributed by atoms with Crippen molar-refractivity contribution in [2.75, 3.05) is 13.2 Å². The number of rotatable bonds is 31. The van der Waals surface area contributed by atoms with Gasteiger partial charge in [-0.1, -0.05) is 143 Å². The highest BCUT2D eigenvalue weighted by atomic mass is 16.6. The molecule has 47 heavy (non-hydrogen) atoms. The van der Waals surface area contributed by atoms with Crippen molar-refractivity contribution in [3.63, 3.8) is 0 Å². The van der Waals surface area contributed by atoms with Gasteiger partial charge < -0.3 is 14.6 Å². The van der Waals surface area contributed by atoms with Gasteiger partial charge >= 0.3 is 11.9 Å². The molecule has 1 atom stereocenters. The van der Waals surface area contributed by atoms with Gasteiger partial charge in [0.25, 0.3) is 0 Å². The molecule has 0 aliphatic rings. The molecule has 0 aliphatic heterocycles. The summed E-state index contributed by atoms with van der Waals surface area (Å²) >= 11 is 0. The van der Waals surface area contributed by atoms with E-state index in [9.17, 15) is 14.7 Å². The van der Waals surface area contributed by atoms with Crippen molar-refractivity contribution < 1.29 is 24.2 Å². The second-order valence-electron chi connectivity index (χ2n) is 11.6. The lowest BCUT2D eigenvalue weighted by molar-refractivity contribution is -0.161. The number of carbonyl (C=O) groups excluding carboxylic acids is 2. The predicted molar refractivity (Wildman–Crippen MR) is 200 cm³/mol. The fourth-order valence-corrected chi connectivity index (χ4v) is 4.36. The molecule has 5 heteroatoms. The Morgan fingerprint density at radius 2 is 0.957 bits per heavy atom. The summed E-state index contributed by atoms with van der Waals surface area (Å²) in [5, 5.41) is 9.52. The Balaban J connectivity index is 3.78. The molecule has 0 aromatic heterocycles. The van der Waals surface area contributed by atoms with Gasteiger partial charge in [0.1, 0.15) is 6.61 Å². The molecule has 0 aromatic rings. The second kappa shape index (κ2) is 37.3. The highest BCUT2D eigenvalue weighted by Gasteiger charge is 2.15. The molecule has 0 radical (unpaired) electrons. The number of esters is 2. The standard InChI is InChI=1S/C42H66O5/c1-3-5-7-9-11-13-15-17-19-20-21-22-23-25-27-29-31-33-35-37-42(45)47-40(38-43)39-46-41(44)36-34-32-30-28-26-24-18-16-14-12-10-8-6-4-2/h5,7,10-13,16-19,21-22,25,27,31,33,40,43H,3-4,6,8-9,14-15,20,23-24,26,28-30,32,34-39H2,1-2H3/b7-5-,12-10-,13-11-,18-16-,19-17-,22-21-,27-25-,33-31-. The summed E-state index contributed by atoms with van der Waals surface area (Å²) in [5.74, 6) is -0.717. The summed E-state index contributed by atoms with van der Waals surface area (Å²) in [5.41, 5.74) is 0. The molecule has 0 saturated heterocycles. The third kappa shape index (κ3) is 35.5. The van der Waals surface area contributed by atoms with Crippen LogP contribution in [0.1, 0.15) is 136 Å². The van der Waals surface area contributed by atoms with Gasteiger partial charge in [-0.2, -0.15) is 0 Å². The zero-order valence-corrected chi connectivity index (χ0v) is 29.7. The van der Waals surface area contributed by atoms with Crippen LogP contribution in [0.5, 0.6) is 0 Å². The molecule has 0 aromatic carbocycles. The second-order valence-corrected chi connectivity index (χ2v) is 11.6. The number of hydrogen-bond donors (Lipinski definition) is 1. The molecule has 0 amide bonds. The molecule has 5 nitrogen and oxygen atoms in total. The van der Waals surface area contributed by atoms with E-state index in [1.807, 2.05) is 12.2 Å². The minimum atomic E-state index is -0.823. The summed E-state index contributed by atoms with van der Waals surface area (Å²) in [7, 11) is 0. The highest BCUT2D eigenvalue weighted by Crippen LogP contribution is 2.09. The summed E-state index contributed by atoms with van der Waals surface area (Å²) in [4.78, 5) is 24.2. The first-order chi connectivity index (χ1) is 23.1. The quantitative estimate of drug-likeness (QED) is 0.0459. The maximum atomic E-state index is 12.1. The van der Waals surface area contributed by atoms with Gasteiger partial charge in [0, 0.05) is 12.8 Å². The Bertz CT molecular complexity index is 964. The van der Waals surface area contributed by atoms with Crippen LogP contribution in [0.4, 0.5) is 0 Å². The van der Waals surface area contributed by atoms with Crippen molar-refractivity contribution in [1.82, 2.24) is 0 Å². The SMILES string of the molecule is CC/C=C\C/C=C\C/C=C\C/C=C\C/C=C\C/C=C\CCC(=O)OC(CO)COC(=O)CCCCCCC/C=C\C/C=C\CCCC. The lowest BCUT2D eigenvalue weighted by Gasteiger charge is -2.15. The Morgan fingerprint density at radius 3 is 1.47 bits per heavy atom. The first kappa shape index (κ1) is 43.8. The zero-order chi connectivity index (χ0) is 34.3. The number of allylic oxidation sites excluding steroid dienone is 16. The first-order valence-corrected chi connectivity index (χ1v) is 18.3. The number of hydrogen-bond acceptors (Lipinski definition) is 5. The molecule has 0 saturated carbocycles. The number of unbranched alkanes of at least 4 members (excludes halogenated alkanes) is 7. The molecule has 264 valence electrons. The number of aliphatic hydroxyl groups excluding tert-OH is 1. The van der Waals surface area contributed by atoms with Crippen molar-refractivity contribution in [3.8, 4) is 0 Å². The monoisotopic (exact) mass is 650 g/mol. The van der Waals surface area contributed by atoms with Crippen LogP contribution in [0.3, 0.4) is 0 Å². The summed E-state index contributed by atoms with van der Waals surface area (Å²) in [6, 6.07) is 0. The number of ether oxygens (including phenoxy) is 2. The summed E-state index contributed by atoms with van der Waals surface area (Å²) in [6.07, 6.45) is 51.8. The van der Waals surface area contributed by atoms with Crippen molar-refractivity contribution in [1.29, 1.82) is 0 Å². The molecule has 1 N–H and O–H groups in total. The van der Waals surface area contributed by atoms with Crippen molar-refractivity contribution in [2.45, 2.75) is 142 Å². The normalized spacial score (nSPS) is 13.3. The maximum absolute atomic E-state index is 12.1. The minimum Gasteiger partial charge on any atom is -0.462 e. The van der Waals surface area contributed by atoms with Gasteiger partial charge in [0.2, 0.25) is 0 Å². The van der Waals surface area contributed by atoms with Gasteiger partial charge in [0.05, 0.1) is 6.61 Å². The predicted octanol–water partition coefficient (Wildman–Crippen LogP) is 11.3. The number of carbonyl (C=O) groups is 2. The minimum absolute atomic E-state index is 0.110. The summed E-state index contributed by atoms with van der Waals surface area (Å²) in [6.45, 7) is 3.88. The Hall–Kier alpha value is -3.18. The van der Waals surface area contributed by atoms with E-state index in [0.717, 1.165) is 77.0 Å². The van der Waals surface area contributed by atoms with E-state index in [4.69, 9.17) is 9.47 Å². The molecule has 0 rings (SSSR count). The molecule has 0 heterocycles. The maximum Gasteiger partial charge on any atom is 0.306 e. The lowest BCUT2D eigenvalue weighted by atomic mass is 10.1. The van der Waals surface area contributed by atoms with E-state index < -0.39 is 12.1 Å². The molecule has 1 unspecified atom stereocenters. The van der Waals surface area contributed by atoms with E-state index in [0.29, 0.717) is 12.8 Å². The van der Waals surface area contributed by atoms with Crippen molar-refractivity contribution in [2.24, 2.45) is 0 Å². The van der Waals surface area contributed by atoms with Gasteiger partial charge in [-0.15, -0.1) is 0 Å². The van der Waals surface area contributed by atoms with Crippen LogP contribution in [0.2, 0.25) is 0 Å². The average Bonchev–Trinajstić information content (AvgIpc) is 3.07. The van der Waals surface area contributed by atoms with Gasteiger partial charge in [-0.05, 0) is 77.0 Å². The highest BCUT2D eigenvalue weighted by molar-refractivity contribution is 5.70. The van der Waals surface area contributed by atoms with Crippen LogP contribution in [0, 0.1) is 0 Å². The van der Waals surface area contributed by atoms with Crippen LogP contribution in [-0.2, 0) is 19.1 Å². The van der Waals surface area contributed by atoms with E-state index in [2.05, 4.69) is 98.9 Å². The third-order valence-corrected chi connectivity index (χ3v) is 7.13. The summed E-state index contributed by atoms with van der Waals surface area (Å²) < 4.78 is 10.5. The zero-order valence-electron chi connectivity index (χ0n) is 29.7. The first-order valence-electron chi connectivity index (χ1n) is 18.3. The van der Waals surface area contributed by atoms with Gasteiger partial charge in [0.15, 0.2) is 6.10 Å². The third-order valence-electron chi connectivity index (χ3n) is 7.13. The van der Waals surface area contributed by atoms with Crippen molar-refractivity contribution in [3.05, 3.63) is 97.2 Å². The lowest BCUT2D eigenvalue weighted by Crippen LogP contribution is -2.28. The fraction of sp³-hybridized carbons (Fsp3) is 0.571. The van der Waals surface area contributed by atoms with Gasteiger partial charge in [-0.3, -0.25) is 9.59 Å². The molecule has 0 fully saturated rings. The molecule has 0 aliphatic carbocycles. The van der Waals surface area contributed by atoms with Crippen LogP contribution in [-0.4, -0.2) is 36.4 Å². The van der Waals surface area contributed by atoms with E-state index in [1.54, 1.807) is 0 Å². The fourth-order valence-electron chi connectivity index (χ4n) is 4.36. The number of aliphatic hydroxyl groups is 1. The van der Waals surface area contributed by atoms with Crippen LogP contribution >= 0.6 is 0 Å². The average molecular weight is 651 g/mol.